The third kappa shape index (κ3) is 3.14. The highest BCUT2D eigenvalue weighted by molar-refractivity contribution is 6.30. The Kier molecular flexibility index (Phi) is 4.21. The van der Waals surface area contributed by atoms with E-state index in [0.717, 1.165) is 6.42 Å². The molecule has 0 spiro atoms. The Morgan fingerprint density at radius 3 is 2.96 bits per heavy atom. The first kappa shape index (κ1) is 15.7. The van der Waals surface area contributed by atoms with E-state index in [-0.39, 0.29) is 23.7 Å². The molecule has 0 aromatic carbocycles. The van der Waals surface area contributed by atoms with E-state index in [1.54, 1.807) is 23.2 Å². The Labute approximate surface area is 138 Å². The van der Waals surface area contributed by atoms with Crippen molar-refractivity contribution in [2.75, 3.05) is 11.9 Å². The van der Waals surface area contributed by atoms with Gasteiger partial charge >= 0.3 is 0 Å². The zero-order valence-electron chi connectivity index (χ0n) is 13.0. The van der Waals surface area contributed by atoms with Gasteiger partial charge in [-0.2, -0.15) is 4.98 Å². The number of pyridine rings is 1. The first-order chi connectivity index (χ1) is 11.0. The van der Waals surface area contributed by atoms with E-state index in [0.29, 0.717) is 23.6 Å². The summed E-state index contributed by atoms with van der Waals surface area (Å²) in [5.74, 6) is -0.170. The molecule has 3 rings (SSSR count). The molecule has 1 N–H and O–H groups in total. The van der Waals surface area contributed by atoms with E-state index in [9.17, 15) is 9.59 Å². The third-order valence-corrected chi connectivity index (χ3v) is 4.10. The van der Waals surface area contributed by atoms with Crippen LogP contribution >= 0.6 is 11.6 Å². The molecule has 1 aliphatic heterocycles. The number of fused-ring (bicyclic) bond motifs is 1. The number of halogens is 1. The van der Waals surface area contributed by atoms with Crippen LogP contribution < -0.4 is 5.32 Å². The standard InChI is InChI=1S/C15H18ClN5O2/c1-9(2)14(23)20-6-3-4-11(20)13(22)18-15-17-12-8-10(16)5-7-21(12)19-15/h5,7-9,11H,3-4,6H2,1-2H3,(H,18,19,22). The van der Waals surface area contributed by atoms with Gasteiger partial charge in [0.2, 0.25) is 17.8 Å². The molecule has 23 heavy (non-hydrogen) atoms. The van der Waals surface area contributed by atoms with Crippen molar-refractivity contribution in [3.05, 3.63) is 23.4 Å². The fraction of sp³-hybridized carbons (Fsp3) is 0.467. The maximum atomic E-state index is 12.5. The molecule has 2 aromatic rings. The van der Waals surface area contributed by atoms with Gasteiger partial charge in [0.15, 0.2) is 5.65 Å². The second-order valence-corrected chi connectivity index (χ2v) is 6.35. The van der Waals surface area contributed by atoms with Gasteiger partial charge in [-0.1, -0.05) is 25.4 Å². The van der Waals surface area contributed by atoms with Crippen molar-refractivity contribution in [2.24, 2.45) is 5.92 Å². The van der Waals surface area contributed by atoms with Crippen molar-refractivity contribution < 1.29 is 9.59 Å². The van der Waals surface area contributed by atoms with Gasteiger partial charge in [0, 0.05) is 29.7 Å². The highest BCUT2D eigenvalue weighted by Crippen LogP contribution is 2.21. The second-order valence-electron chi connectivity index (χ2n) is 5.92. The molecule has 2 amide bonds. The predicted octanol–water partition coefficient (Wildman–Crippen LogP) is 1.97. The van der Waals surface area contributed by atoms with Crippen LogP contribution in [0.2, 0.25) is 5.02 Å². The van der Waals surface area contributed by atoms with E-state index in [2.05, 4.69) is 15.4 Å². The molecule has 0 radical (unpaired) electrons. The Balaban J connectivity index is 1.75. The molecular weight excluding hydrogens is 318 g/mol. The fourth-order valence-corrected chi connectivity index (χ4v) is 2.89. The average Bonchev–Trinajstić information content (AvgIpc) is 3.11. The first-order valence-corrected chi connectivity index (χ1v) is 7.97. The van der Waals surface area contributed by atoms with E-state index < -0.39 is 6.04 Å². The number of carbonyl (C=O) groups is 2. The van der Waals surface area contributed by atoms with Crippen LogP contribution in [0.5, 0.6) is 0 Å². The minimum Gasteiger partial charge on any atom is -0.330 e. The summed E-state index contributed by atoms with van der Waals surface area (Å²) in [5, 5.41) is 7.43. The molecule has 1 atom stereocenters. The van der Waals surface area contributed by atoms with E-state index in [1.165, 1.54) is 4.52 Å². The monoisotopic (exact) mass is 335 g/mol. The molecule has 0 bridgehead atoms. The molecule has 2 aromatic heterocycles. The zero-order valence-corrected chi connectivity index (χ0v) is 13.7. The Morgan fingerprint density at radius 1 is 1.43 bits per heavy atom. The minimum atomic E-state index is -0.458. The van der Waals surface area contributed by atoms with Gasteiger partial charge < -0.3 is 4.90 Å². The van der Waals surface area contributed by atoms with Crippen molar-refractivity contribution >= 4 is 35.0 Å². The van der Waals surface area contributed by atoms with Crippen LogP contribution in [-0.4, -0.2) is 43.9 Å². The van der Waals surface area contributed by atoms with Crippen LogP contribution in [0.25, 0.3) is 5.65 Å². The molecule has 0 aliphatic carbocycles. The lowest BCUT2D eigenvalue weighted by molar-refractivity contribution is -0.139. The Bertz CT molecular complexity index is 757. The third-order valence-electron chi connectivity index (χ3n) is 3.87. The number of rotatable bonds is 3. The van der Waals surface area contributed by atoms with Gasteiger partial charge in [-0.3, -0.25) is 14.9 Å². The zero-order chi connectivity index (χ0) is 16.6. The highest BCUT2D eigenvalue weighted by atomic mass is 35.5. The van der Waals surface area contributed by atoms with Crippen LogP contribution in [-0.2, 0) is 9.59 Å². The maximum Gasteiger partial charge on any atom is 0.249 e. The second kappa shape index (κ2) is 6.16. The number of anilines is 1. The van der Waals surface area contributed by atoms with Crippen LogP contribution in [0.3, 0.4) is 0 Å². The van der Waals surface area contributed by atoms with Gasteiger partial charge in [0.1, 0.15) is 6.04 Å². The van der Waals surface area contributed by atoms with Crippen LogP contribution in [0.1, 0.15) is 26.7 Å². The summed E-state index contributed by atoms with van der Waals surface area (Å²) in [7, 11) is 0. The molecule has 1 unspecified atom stereocenters. The number of hydrogen-bond acceptors (Lipinski definition) is 4. The summed E-state index contributed by atoms with van der Waals surface area (Å²) in [6.45, 7) is 4.29. The maximum absolute atomic E-state index is 12.5. The summed E-state index contributed by atoms with van der Waals surface area (Å²) < 4.78 is 1.53. The van der Waals surface area contributed by atoms with E-state index in [4.69, 9.17) is 11.6 Å². The van der Waals surface area contributed by atoms with Gasteiger partial charge in [-0.05, 0) is 18.9 Å². The molecule has 1 fully saturated rings. The van der Waals surface area contributed by atoms with E-state index in [1.807, 2.05) is 13.8 Å². The summed E-state index contributed by atoms with van der Waals surface area (Å²) in [4.78, 5) is 30.5. The minimum absolute atomic E-state index is 0.00241. The molecule has 1 aliphatic rings. The van der Waals surface area contributed by atoms with Crippen molar-refractivity contribution in [3.63, 3.8) is 0 Å². The Morgan fingerprint density at radius 2 is 2.22 bits per heavy atom. The number of aromatic nitrogens is 3. The number of carbonyl (C=O) groups excluding carboxylic acids is 2. The molecule has 3 heterocycles. The van der Waals surface area contributed by atoms with Crippen LogP contribution in [0.15, 0.2) is 18.3 Å². The van der Waals surface area contributed by atoms with Crippen molar-refractivity contribution in [3.8, 4) is 0 Å². The van der Waals surface area contributed by atoms with Crippen molar-refractivity contribution in [2.45, 2.75) is 32.7 Å². The van der Waals surface area contributed by atoms with E-state index >= 15 is 0 Å². The predicted molar refractivity (Wildman–Crippen MR) is 86.2 cm³/mol. The molecule has 1 saturated heterocycles. The topological polar surface area (TPSA) is 79.6 Å². The SMILES string of the molecule is CC(C)C(=O)N1CCCC1C(=O)Nc1nc2cc(Cl)ccn2n1. The average molecular weight is 336 g/mol. The lowest BCUT2D eigenvalue weighted by atomic mass is 10.1. The molecule has 0 saturated carbocycles. The lowest BCUT2D eigenvalue weighted by Gasteiger charge is -2.25. The Hall–Kier alpha value is -2.15. The lowest BCUT2D eigenvalue weighted by Crippen LogP contribution is -2.44. The number of likely N-dealkylation sites (tertiary alicyclic amines) is 1. The fourth-order valence-electron chi connectivity index (χ4n) is 2.74. The smallest absolute Gasteiger partial charge is 0.249 e. The van der Waals surface area contributed by atoms with Gasteiger partial charge in [0.25, 0.3) is 0 Å². The van der Waals surface area contributed by atoms with Crippen molar-refractivity contribution in [1.29, 1.82) is 0 Å². The van der Waals surface area contributed by atoms with Gasteiger partial charge in [-0.15, -0.1) is 5.10 Å². The normalized spacial score (nSPS) is 17.9. The van der Waals surface area contributed by atoms with Gasteiger partial charge in [0.05, 0.1) is 0 Å². The summed E-state index contributed by atoms with van der Waals surface area (Å²) in [5.41, 5.74) is 0.550. The molecule has 122 valence electrons. The van der Waals surface area contributed by atoms with Crippen LogP contribution in [0.4, 0.5) is 5.95 Å². The number of amides is 2. The number of nitrogens with one attached hydrogen (secondary N) is 1. The first-order valence-electron chi connectivity index (χ1n) is 7.59. The summed E-state index contributed by atoms with van der Waals surface area (Å²) in [6.07, 6.45) is 3.15. The highest BCUT2D eigenvalue weighted by Gasteiger charge is 2.35. The van der Waals surface area contributed by atoms with Gasteiger partial charge in [-0.25, -0.2) is 4.52 Å². The number of nitrogens with zero attached hydrogens (tertiary/aromatic N) is 4. The quantitative estimate of drug-likeness (QED) is 0.930. The largest absolute Gasteiger partial charge is 0.330 e. The summed E-state index contributed by atoms with van der Waals surface area (Å²) >= 11 is 5.91. The molecule has 7 nitrogen and oxygen atoms in total. The number of hydrogen-bond donors (Lipinski definition) is 1. The molecule has 8 heteroatoms. The molecular formula is C15H18ClN5O2. The van der Waals surface area contributed by atoms with Crippen molar-refractivity contribution in [1.82, 2.24) is 19.5 Å². The summed E-state index contributed by atoms with van der Waals surface area (Å²) in [6, 6.07) is 2.89. The van der Waals surface area contributed by atoms with Crippen LogP contribution in [0, 0.1) is 5.92 Å².